The van der Waals surface area contributed by atoms with E-state index in [-0.39, 0.29) is 6.33 Å². The molecule has 0 unspecified atom stereocenters. The van der Waals surface area contributed by atoms with Gasteiger partial charge in [0.2, 0.25) is 0 Å². The molecule has 0 nitrogen and oxygen atoms in total. The first-order chi connectivity index (χ1) is 3.27. The highest BCUT2D eigenvalue weighted by Gasteiger charge is 1.78. The molecule has 0 amide bonds. The van der Waals surface area contributed by atoms with Crippen molar-refractivity contribution < 1.29 is 13.2 Å². The van der Waals surface area contributed by atoms with Crippen molar-refractivity contribution in [3.63, 3.8) is 0 Å². The third-order valence-electron chi connectivity index (χ3n) is 0.295. The van der Waals surface area contributed by atoms with Gasteiger partial charge in [0.25, 0.3) is 6.08 Å². The lowest BCUT2D eigenvalue weighted by Gasteiger charge is -1.67. The van der Waals surface area contributed by atoms with E-state index in [1.54, 1.807) is 0 Å². The van der Waals surface area contributed by atoms with Gasteiger partial charge < -0.3 is 0 Å². The molecule has 0 spiro atoms. The predicted molar refractivity (Wildman–Crippen MR) is 20.5 cm³/mol. The van der Waals surface area contributed by atoms with Crippen molar-refractivity contribution in [3.05, 3.63) is 24.6 Å². The Balaban J connectivity index is 3.46. The summed E-state index contributed by atoms with van der Waals surface area (Å²) in [5.41, 5.74) is 0. The van der Waals surface area contributed by atoms with Crippen LogP contribution in [0, 0.1) is 0 Å². The Labute approximate surface area is 39.0 Å². The highest BCUT2D eigenvalue weighted by molar-refractivity contribution is 4.99. The maximum absolute atomic E-state index is 10.9. The SMILES string of the molecule is FC=CC=C(F)F. The predicted octanol–water partition coefficient (Wildman–Crippen LogP) is 2.25. The van der Waals surface area contributed by atoms with Crippen LogP contribution in [0.2, 0.25) is 0 Å². The van der Waals surface area contributed by atoms with Crippen LogP contribution in [0.3, 0.4) is 0 Å². The molecule has 0 aliphatic carbocycles. The van der Waals surface area contributed by atoms with Gasteiger partial charge in [0.15, 0.2) is 0 Å². The normalized spacial score (nSPS) is 9.57. The Morgan fingerprint density at radius 1 is 1.29 bits per heavy atom. The van der Waals surface area contributed by atoms with Crippen LogP contribution in [0.5, 0.6) is 0 Å². The number of rotatable bonds is 1. The molecule has 0 bridgehead atoms. The third-order valence-corrected chi connectivity index (χ3v) is 0.295. The van der Waals surface area contributed by atoms with Gasteiger partial charge in [-0.2, -0.15) is 8.78 Å². The van der Waals surface area contributed by atoms with Crippen LogP contribution in [0.1, 0.15) is 0 Å². The lowest BCUT2D eigenvalue weighted by atomic mass is 10.6. The smallest absolute Gasteiger partial charge is 0.216 e. The molecule has 0 rings (SSSR count). The largest absolute Gasteiger partial charge is 0.270 e. The summed E-state index contributed by atoms with van der Waals surface area (Å²) in [5, 5.41) is 0. The van der Waals surface area contributed by atoms with E-state index in [4.69, 9.17) is 0 Å². The van der Waals surface area contributed by atoms with Gasteiger partial charge >= 0.3 is 0 Å². The average molecular weight is 108 g/mol. The Kier molecular flexibility index (Phi) is 3.10. The van der Waals surface area contributed by atoms with Gasteiger partial charge in [-0.25, -0.2) is 4.39 Å². The molecular formula is C4H3F3. The van der Waals surface area contributed by atoms with E-state index < -0.39 is 6.08 Å². The fraction of sp³-hybridized carbons (Fsp3) is 0. The van der Waals surface area contributed by atoms with Crippen molar-refractivity contribution in [3.8, 4) is 0 Å². The second-order valence-corrected chi connectivity index (χ2v) is 0.775. The van der Waals surface area contributed by atoms with Gasteiger partial charge in [-0.05, 0) is 6.08 Å². The Bertz CT molecular complexity index is 89.1. The summed E-state index contributed by atoms with van der Waals surface area (Å²) in [5.74, 6) is 0. The molecule has 0 aliphatic rings. The molecule has 0 aromatic rings. The van der Waals surface area contributed by atoms with E-state index in [0.717, 1.165) is 0 Å². The minimum atomic E-state index is -1.89. The first-order valence-electron chi connectivity index (χ1n) is 1.55. The molecule has 0 aromatic carbocycles. The maximum atomic E-state index is 10.9. The first kappa shape index (κ1) is 6.27. The molecule has 0 aromatic heterocycles. The van der Waals surface area contributed by atoms with E-state index in [0.29, 0.717) is 12.2 Å². The molecule has 0 radical (unpaired) electrons. The lowest BCUT2D eigenvalue weighted by molar-refractivity contribution is 0.422. The zero-order valence-electron chi connectivity index (χ0n) is 3.37. The summed E-state index contributed by atoms with van der Waals surface area (Å²) in [7, 11) is 0. The van der Waals surface area contributed by atoms with Crippen molar-refractivity contribution in [2.45, 2.75) is 0 Å². The van der Waals surface area contributed by atoms with Gasteiger partial charge in [-0.15, -0.1) is 0 Å². The molecule has 0 N–H and O–H groups in total. The zero-order chi connectivity index (χ0) is 5.70. The van der Waals surface area contributed by atoms with E-state index in [1.807, 2.05) is 0 Å². The van der Waals surface area contributed by atoms with E-state index in [1.165, 1.54) is 0 Å². The van der Waals surface area contributed by atoms with Crippen molar-refractivity contribution in [2.75, 3.05) is 0 Å². The molecular weight excluding hydrogens is 105 g/mol. The number of hydrogen-bond donors (Lipinski definition) is 0. The first-order valence-corrected chi connectivity index (χ1v) is 1.55. The second kappa shape index (κ2) is 3.46. The number of halogens is 3. The molecule has 0 fully saturated rings. The van der Waals surface area contributed by atoms with Crippen molar-refractivity contribution in [1.29, 1.82) is 0 Å². The highest BCUT2D eigenvalue weighted by atomic mass is 19.3. The van der Waals surface area contributed by atoms with Gasteiger partial charge in [0.05, 0.1) is 6.33 Å². The monoisotopic (exact) mass is 108 g/mol. The van der Waals surface area contributed by atoms with Crippen LogP contribution >= 0.6 is 0 Å². The van der Waals surface area contributed by atoms with Crippen LogP contribution in [0.4, 0.5) is 13.2 Å². The average Bonchev–Trinajstić information content (AvgIpc) is 1.61. The molecule has 0 atom stereocenters. The Morgan fingerprint density at radius 3 is 2.00 bits per heavy atom. The van der Waals surface area contributed by atoms with Gasteiger partial charge in [-0.1, -0.05) is 0 Å². The van der Waals surface area contributed by atoms with E-state index in [2.05, 4.69) is 0 Å². The molecule has 7 heavy (non-hydrogen) atoms. The fourth-order valence-electron chi connectivity index (χ4n) is 0.109. The standard InChI is InChI=1S/C4H3F3/c5-3-1-2-4(6)7/h1-3H. The van der Waals surface area contributed by atoms with Crippen LogP contribution in [0.15, 0.2) is 24.6 Å². The maximum Gasteiger partial charge on any atom is 0.270 e. The third kappa shape index (κ3) is 5.27. The number of hydrogen-bond acceptors (Lipinski definition) is 0. The van der Waals surface area contributed by atoms with Crippen molar-refractivity contribution >= 4 is 0 Å². The van der Waals surface area contributed by atoms with Gasteiger partial charge in [0.1, 0.15) is 0 Å². The molecule has 0 heterocycles. The lowest BCUT2D eigenvalue weighted by Crippen LogP contribution is -1.49. The summed E-state index contributed by atoms with van der Waals surface area (Å²) in [6.07, 6.45) is -0.858. The minimum absolute atomic E-state index is 0.0408. The molecule has 3 heteroatoms. The van der Waals surface area contributed by atoms with Crippen LogP contribution < -0.4 is 0 Å². The molecule has 0 saturated carbocycles. The van der Waals surface area contributed by atoms with E-state index in [9.17, 15) is 13.2 Å². The quantitative estimate of drug-likeness (QED) is 0.452. The van der Waals surface area contributed by atoms with Crippen LogP contribution in [-0.4, -0.2) is 0 Å². The van der Waals surface area contributed by atoms with E-state index >= 15 is 0 Å². The summed E-state index contributed by atoms with van der Waals surface area (Å²) >= 11 is 0. The summed E-state index contributed by atoms with van der Waals surface area (Å²) in [6, 6.07) is 0. The zero-order valence-corrected chi connectivity index (χ0v) is 3.37. The Morgan fingerprint density at radius 2 is 1.86 bits per heavy atom. The summed E-state index contributed by atoms with van der Waals surface area (Å²) < 4.78 is 32.5. The highest BCUT2D eigenvalue weighted by Crippen LogP contribution is 1.95. The van der Waals surface area contributed by atoms with Crippen molar-refractivity contribution in [1.82, 2.24) is 0 Å². The van der Waals surface area contributed by atoms with Crippen LogP contribution in [-0.2, 0) is 0 Å². The molecule has 40 valence electrons. The minimum Gasteiger partial charge on any atom is -0.216 e. The summed E-state index contributed by atoms with van der Waals surface area (Å²) in [6.45, 7) is 0. The molecule has 0 aliphatic heterocycles. The fourth-order valence-corrected chi connectivity index (χ4v) is 0.109. The Hall–Kier alpha value is -0.730. The summed E-state index contributed by atoms with van der Waals surface area (Å²) in [4.78, 5) is 0. The van der Waals surface area contributed by atoms with Crippen LogP contribution in [0.25, 0.3) is 0 Å². The van der Waals surface area contributed by atoms with Gasteiger partial charge in [-0.3, -0.25) is 0 Å². The van der Waals surface area contributed by atoms with Crippen molar-refractivity contribution in [2.24, 2.45) is 0 Å². The van der Waals surface area contributed by atoms with Gasteiger partial charge in [0, 0.05) is 6.08 Å². The molecule has 0 saturated heterocycles. The second-order valence-electron chi connectivity index (χ2n) is 0.775. The number of allylic oxidation sites excluding steroid dienone is 2. The topological polar surface area (TPSA) is 0 Å².